The summed E-state index contributed by atoms with van der Waals surface area (Å²) >= 11 is 0. The van der Waals surface area contributed by atoms with Crippen molar-refractivity contribution in [1.82, 2.24) is 15.1 Å². The van der Waals surface area contributed by atoms with Gasteiger partial charge in [-0.05, 0) is 57.8 Å². The molecule has 0 radical (unpaired) electrons. The molecule has 1 aromatic rings. The third kappa shape index (κ3) is 5.88. The highest BCUT2D eigenvalue weighted by Crippen LogP contribution is 2.20. The van der Waals surface area contributed by atoms with E-state index in [2.05, 4.69) is 29.0 Å². The van der Waals surface area contributed by atoms with Crippen molar-refractivity contribution >= 4 is 29.9 Å². The van der Waals surface area contributed by atoms with E-state index in [4.69, 9.17) is 9.41 Å². The second kappa shape index (κ2) is 10.4. The third-order valence-electron chi connectivity index (χ3n) is 5.31. The number of aliphatic imine (C=N–C) groups is 1. The van der Waals surface area contributed by atoms with Crippen molar-refractivity contribution in [3.05, 3.63) is 24.2 Å². The van der Waals surface area contributed by atoms with Crippen LogP contribution in [0.3, 0.4) is 0 Å². The van der Waals surface area contributed by atoms with Crippen LogP contribution in [0.15, 0.2) is 27.8 Å². The molecule has 2 fully saturated rings. The zero-order valence-electron chi connectivity index (χ0n) is 15.6. The highest BCUT2D eigenvalue weighted by Gasteiger charge is 2.30. The molecule has 0 bridgehead atoms. The number of rotatable bonds is 6. The lowest BCUT2D eigenvalue weighted by Gasteiger charge is -2.27. The minimum atomic E-state index is 0. The summed E-state index contributed by atoms with van der Waals surface area (Å²) in [5.74, 6) is 2.09. The second-order valence-electron chi connectivity index (χ2n) is 7.12. The van der Waals surface area contributed by atoms with Crippen LogP contribution in [0.4, 0.5) is 0 Å². The minimum absolute atomic E-state index is 0. The maximum atomic E-state index is 5.42. The first-order valence-corrected chi connectivity index (χ1v) is 9.58. The fraction of sp³-hybridized carbons (Fsp3) is 0.737. The molecule has 5 nitrogen and oxygen atoms in total. The molecule has 0 saturated carbocycles. The van der Waals surface area contributed by atoms with Crippen molar-refractivity contribution in [3.63, 3.8) is 0 Å². The van der Waals surface area contributed by atoms with Crippen LogP contribution in [0.1, 0.15) is 45.3 Å². The molecule has 1 N–H and O–H groups in total. The fourth-order valence-electron chi connectivity index (χ4n) is 3.63. The van der Waals surface area contributed by atoms with Crippen molar-refractivity contribution in [3.8, 4) is 0 Å². The molecule has 2 saturated heterocycles. The Kier molecular flexibility index (Phi) is 8.55. The Labute approximate surface area is 169 Å². The van der Waals surface area contributed by atoms with E-state index in [1.54, 1.807) is 6.26 Å². The molecule has 142 valence electrons. The molecule has 3 heterocycles. The van der Waals surface area contributed by atoms with Gasteiger partial charge in [0.2, 0.25) is 0 Å². The van der Waals surface area contributed by atoms with E-state index in [1.807, 2.05) is 12.1 Å². The van der Waals surface area contributed by atoms with E-state index >= 15 is 0 Å². The maximum Gasteiger partial charge on any atom is 0.194 e. The SMILES string of the molecule is CCC(C)NC(=NCCc1ccco1)N1CCC(N2CCCC2)C1.I. The predicted molar refractivity (Wildman–Crippen MR) is 114 cm³/mol. The van der Waals surface area contributed by atoms with Crippen LogP contribution in [-0.4, -0.2) is 60.6 Å². The molecule has 2 unspecified atom stereocenters. The van der Waals surface area contributed by atoms with E-state index < -0.39 is 0 Å². The van der Waals surface area contributed by atoms with Gasteiger partial charge < -0.3 is 14.6 Å². The summed E-state index contributed by atoms with van der Waals surface area (Å²) in [5.41, 5.74) is 0. The second-order valence-corrected chi connectivity index (χ2v) is 7.12. The van der Waals surface area contributed by atoms with Gasteiger partial charge in [0.05, 0.1) is 6.26 Å². The molecule has 3 rings (SSSR count). The van der Waals surface area contributed by atoms with Gasteiger partial charge in [0.15, 0.2) is 5.96 Å². The van der Waals surface area contributed by atoms with E-state index in [-0.39, 0.29) is 24.0 Å². The first-order chi connectivity index (χ1) is 11.8. The average Bonchev–Trinajstić information content (AvgIpc) is 3.34. The van der Waals surface area contributed by atoms with E-state index in [9.17, 15) is 0 Å². The number of likely N-dealkylation sites (tertiary alicyclic amines) is 2. The molecule has 0 amide bonds. The van der Waals surface area contributed by atoms with Crippen molar-refractivity contribution in [2.24, 2.45) is 4.99 Å². The fourth-order valence-corrected chi connectivity index (χ4v) is 3.63. The molecule has 0 aliphatic carbocycles. The van der Waals surface area contributed by atoms with Crippen LogP contribution >= 0.6 is 24.0 Å². The number of halogens is 1. The number of nitrogens with zero attached hydrogens (tertiary/aromatic N) is 3. The van der Waals surface area contributed by atoms with Crippen molar-refractivity contribution in [1.29, 1.82) is 0 Å². The maximum absolute atomic E-state index is 5.42. The zero-order chi connectivity index (χ0) is 16.8. The Bertz CT molecular complexity index is 514. The standard InChI is InChI=1S/C19H32N4O.HI/c1-3-16(2)21-19(20-10-8-18-7-6-14-24-18)23-13-9-17(15-23)22-11-4-5-12-22;/h6-7,14,16-17H,3-5,8-13,15H2,1-2H3,(H,20,21);1H. The molecular weight excluding hydrogens is 427 g/mol. The third-order valence-corrected chi connectivity index (χ3v) is 5.31. The van der Waals surface area contributed by atoms with Crippen LogP contribution in [0.5, 0.6) is 0 Å². The quantitative estimate of drug-likeness (QED) is 0.402. The van der Waals surface area contributed by atoms with Gasteiger partial charge in [0.25, 0.3) is 0 Å². The number of guanidine groups is 1. The molecule has 2 aliphatic rings. The lowest BCUT2D eigenvalue weighted by molar-refractivity contribution is 0.249. The van der Waals surface area contributed by atoms with Gasteiger partial charge in [0.1, 0.15) is 5.76 Å². The number of hydrogen-bond donors (Lipinski definition) is 1. The summed E-state index contributed by atoms with van der Waals surface area (Å²) in [7, 11) is 0. The summed E-state index contributed by atoms with van der Waals surface area (Å²) < 4.78 is 5.42. The van der Waals surface area contributed by atoms with Gasteiger partial charge in [-0.15, -0.1) is 24.0 Å². The summed E-state index contributed by atoms with van der Waals surface area (Å²) in [6.07, 6.45) is 7.71. The molecular formula is C19H33IN4O. The molecule has 0 aromatic carbocycles. The van der Waals surface area contributed by atoms with Crippen LogP contribution in [-0.2, 0) is 6.42 Å². The van der Waals surface area contributed by atoms with E-state index in [1.165, 1.54) is 32.4 Å². The van der Waals surface area contributed by atoms with Gasteiger partial charge in [-0.1, -0.05) is 6.92 Å². The van der Waals surface area contributed by atoms with Gasteiger partial charge in [-0.2, -0.15) is 0 Å². The Hall–Kier alpha value is -0.760. The summed E-state index contributed by atoms with van der Waals surface area (Å²) in [6, 6.07) is 5.13. The first-order valence-electron chi connectivity index (χ1n) is 9.58. The lowest BCUT2D eigenvalue weighted by Crippen LogP contribution is -2.45. The zero-order valence-corrected chi connectivity index (χ0v) is 17.9. The van der Waals surface area contributed by atoms with Crippen molar-refractivity contribution in [2.45, 2.75) is 58.0 Å². The van der Waals surface area contributed by atoms with Crippen LogP contribution in [0, 0.1) is 0 Å². The summed E-state index contributed by atoms with van der Waals surface area (Å²) in [4.78, 5) is 10.0. The summed E-state index contributed by atoms with van der Waals surface area (Å²) in [5, 5.41) is 3.63. The van der Waals surface area contributed by atoms with E-state index in [0.29, 0.717) is 12.1 Å². The highest BCUT2D eigenvalue weighted by atomic mass is 127. The van der Waals surface area contributed by atoms with Gasteiger partial charge >= 0.3 is 0 Å². The van der Waals surface area contributed by atoms with Crippen LogP contribution in [0.2, 0.25) is 0 Å². The Morgan fingerprint density at radius 1 is 1.36 bits per heavy atom. The van der Waals surface area contributed by atoms with Gasteiger partial charge in [-0.25, -0.2) is 0 Å². The Morgan fingerprint density at radius 3 is 2.84 bits per heavy atom. The van der Waals surface area contributed by atoms with Crippen molar-refractivity contribution < 1.29 is 4.42 Å². The van der Waals surface area contributed by atoms with Crippen LogP contribution in [0.25, 0.3) is 0 Å². The van der Waals surface area contributed by atoms with Crippen molar-refractivity contribution in [2.75, 3.05) is 32.7 Å². The predicted octanol–water partition coefficient (Wildman–Crippen LogP) is 3.35. The monoisotopic (exact) mass is 460 g/mol. The topological polar surface area (TPSA) is 44.0 Å². The van der Waals surface area contributed by atoms with Gasteiger partial charge in [0, 0.05) is 38.1 Å². The molecule has 6 heteroatoms. The molecule has 25 heavy (non-hydrogen) atoms. The Morgan fingerprint density at radius 2 is 2.16 bits per heavy atom. The van der Waals surface area contributed by atoms with Gasteiger partial charge in [-0.3, -0.25) is 9.89 Å². The summed E-state index contributed by atoms with van der Waals surface area (Å²) in [6.45, 7) is 10.0. The first kappa shape index (κ1) is 20.6. The normalized spacial score (nSPS) is 22.9. The largest absolute Gasteiger partial charge is 0.469 e. The number of furan rings is 1. The average molecular weight is 460 g/mol. The number of hydrogen-bond acceptors (Lipinski definition) is 3. The molecule has 1 aromatic heterocycles. The van der Waals surface area contributed by atoms with E-state index in [0.717, 1.165) is 44.2 Å². The molecule has 0 spiro atoms. The molecule has 2 aliphatic heterocycles. The highest BCUT2D eigenvalue weighted by molar-refractivity contribution is 14.0. The Balaban J connectivity index is 0.00000225. The lowest BCUT2D eigenvalue weighted by atomic mass is 10.2. The van der Waals surface area contributed by atoms with Crippen LogP contribution < -0.4 is 5.32 Å². The molecule has 2 atom stereocenters. The smallest absolute Gasteiger partial charge is 0.194 e. The number of nitrogens with one attached hydrogen (secondary N) is 1. The minimum Gasteiger partial charge on any atom is -0.469 e.